The number of imidazole rings is 1. The molecular weight excluding hydrogens is 620 g/mol. The average Bonchev–Trinajstić information content (AvgIpc) is 3.66. The van der Waals surface area contributed by atoms with Crippen molar-refractivity contribution in [2.75, 3.05) is 26.1 Å². The topological polar surface area (TPSA) is 117 Å². The molecular formula is C31H37ClN4O6SSi. The number of hydrogen-bond donors (Lipinski definition) is 1. The van der Waals surface area contributed by atoms with Gasteiger partial charge in [0.1, 0.15) is 30.6 Å². The molecule has 2 aliphatic rings. The molecule has 6 rings (SSSR count). The van der Waals surface area contributed by atoms with Crippen LogP contribution in [0.3, 0.4) is 0 Å². The lowest BCUT2D eigenvalue weighted by atomic mass is 10.1. The van der Waals surface area contributed by atoms with E-state index in [0.29, 0.717) is 45.1 Å². The van der Waals surface area contributed by atoms with E-state index in [0.717, 1.165) is 11.6 Å². The molecule has 1 N–H and O–H groups in total. The van der Waals surface area contributed by atoms with E-state index in [9.17, 15) is 9.32 Å². The van der Waals surface area contributed by atoms with Crippen LogP contribution in [0.4, 0.5) is 5.69 Å². The molecule has 2 saturated heterocycles. The SMILES string of the molecule is C[Si](C)(C)CCOCn1c(O[C@@H]2CO[C@H]3[C@@H]2OC[C@H]3O)nc2cc(Cl)c(-c3ccc(N=[S@](C)(=O)c4ccccc4)cc3)nc21. The molecule has 0 saturated carbocycles. The molecule has 5 atom stereocenters. The molecule has 4 aromatic rings. The number of hydrogen-bond acceptors (Lipinski definition) is 9. The van der Waals surface area contributed by atoms with Gasteiger partial charge in [-0.3, -0.25) is 4.57 Å². The third-order valence-corrected chi connectivity index (χ3v) is 11.4. The Balaban J connectivity index is 1.31. The quantitative estimate of drug-likeness (QED) is 0.169. The largest absolute Gasteiger partial charge is 0.456 e. The number of fused-ring (bicyclic) bond motifs is 2. The zero-order valence-electron chi connectivity index (χ0n) is 25.2. The molecule has 2 aromatic heterocycles. The van der Waals surface area contributed by atoms with Crippen LogP contribution < -0.4 is 4.74 Å². The Morgan fingerprint density at radius 1 is 1.07 bits per heavy atom. The van der Waals surface area contributed by atoms with E-state index < -0.39 is 36.1 Å². The lowest BCUT2D eigenvalue weighted by Crippen LogP contribution is -2.35. The first kappa shape index (κ1) is 31.2. The van der Waals surface area contributed by atoms with Gasteiger partial charge in [0.05, 0.1) is 39.3 Å². The fraction of sp³-hybridized carbons (Fsp3) is 0.419. The van der Waals surface area contributed by atoms with Crippen LogP contribution >= 0.6 is 11.6 Å². The van der Waals surface area contributed by atoms with Crippen molar-refractivity contribution in [3.8, 4) is 17.3 Å². The van der Waals surface area contributed by atoms with Crippen LogP contribution in [0.2, 0.25) is 30.7 Å². The van der Waals surface area contributed by atoms with Crippen LogP contribution in [0.25, 0.3) is 22.4 Å². The van der Waals surface area contributed by atoms with Gasteiger partial charge in [0.15, 0.2) is 11.8 Å². The number of aliphatic hydroxyl groups excluding tert-OH is 1. The van der Waals surface area contributed by atoms with Crippen molar-refractivity contribution < 1.29 is 28.3 Å². The minimum atomic E-state index is -2.61. The predicted molar refractivity (Wildman–Crippen MR) is 173 cm³/mol. The molecule has 0 aliphatic carbocycles. The van der Waals surface area contributed by atoms with E-state index in [4.69, 9.17) is 40.5 Å². The van der Waals surface area contributed by atoms with Crippen molar-refractivity contribution in [1.29, 1.82) is 0 Å². The summed E-state index contributed by atoms with van der Waals surface area (Å²) >= 11 is 6.75. The molecule has 0 unspecified atom stereocenters. The van der Waals surface area contributed by atoms with Crippen LogP contribution in [0, 0.1) is 0 Å². The van der Waals surface area contributed by atoms with Gasteiger partial charge in [0.25, 0.3) is 0 Å². The summed E-state index contributed by atoms with van der Waals surface area (Å²) in [6.07, 6.45) is -0.295. The average molecular weight is 657 g/mol. The summed E-state index contributed by atoms with van der Waals surface area (Å²) in [7, 11) is -3.90. The Morgan fingerprint density at radius 3 is 2.52 bits per heavy atom. The third-order valence-electron chi connectivity index (χ3n) is 7.70. The molecule has 13 heteroatoms. The Hall–Kier alpha value is -2.84. The Labute approximate surface area is 263 Å². The van der Waals surface area contributed by atoms with Gasteiger partial charge in [-0.25, -0.2) is 9.19 Å². The number of nitrogens with zero attached hydrogens (tertiary/aromatic N) is 4. The lowest BCUT2D eigenvalue weighted by Gasteiger charge is -2.19. The highest BCUT2D eigenvalue weighted by Gasteiger charge is 2.49. The van der Waals surface area contributed by atoms with Crippen LogP contribution in [0.15, 0.2) is 69.9 Å². The normalized spacial score (nSPS) is 23.0. The third kappa shape index (κ3) is 6.71. The van der Waals surface area contributed by atoms with Gasteiger partial charge < -0.3 is 24.1 Å². The monoisotopic (exact) mass is 656 g/mol. The van der Waals surface area contributed by atoms with Crippen molar-refractivity contribution >= 4 is 46.3 Å². The molecule has 0 bridgehead atoms. The number of benzene rings is 2. The van der Waals surface area contributed by atoms with E-state index in [2.05, 4.69) is 24.0 Å². The Kier molecular flexibility index (Phi) is 8.86. The van der Waals surface area contributed by atoms with Crippen LogP contribution in [0.1, 0.15) is 0 Å². The molecule has 10 nitrogen and oxygen atoms in total. The van der Waals surface area contributed by atoms with E-state index >= 15 is 0 Å². The zero-order valence-corrected chi connectivity index (χ0v) is 27.8. The lowest BCUT2D eigenvalue weighted by molar-refractivity contribution is 0.00336. The summed E-state index contributed by atoms with van der Waals surface area (Å²) in [5.74, 6) is 0. The van der Waals surface area contributed by atoms with Gasteiger partial charge in [-0.05, 0) is 36.4 Å². The highest BCUT2D eigenvalue weighted by Crippen LogP contribution is 2.34. The van der Waals surface area contributed by atoms with Gasteiger partial charge in [-0.1, -0.05) is 61.6 Å². The maximum Gasteiger partial charge on any atom is 0.301 e. The van der Waals surface area contributed by atoms with E-state index in [1.165, 1.54) is 0 Å². The molecule has 2 aliphatic heterocycles. The van der Waals surface area contributed by atoms with E-state index in [1.54, 1.807) is 16.9 Å². The van der Waals surface area contributed by atoms with Crippen LogP contribution in [0.5, 0.6) is 6.01 Å². The molecule has 44 heavy (non-hydrogen) atoms. The highest BCUT2D eigenvalue weighted by atomic mass is 35.5. The number of rotatable bonds is 10. The number of ether oxygens (including phenoxy) is 4. The maximum atomic E-state index is 13.3. The summed E-state index contributed by atoms with van der Waals surface area (Å²) in [6, 6.07) is 19.7. The van der Waals surface area contributed by atoms with Crippen molar-refractivity contribution in [3.05, 3.63) is 65.7 Å². The molecule has 2 aromatic carbocycles. The summed E-state index contributed by atoms with van der Waals surface area (Å²) in [4.78, 5) is 10.3. The molecule has 0 radical (unpaired) electrons. The summed E-state index contributed by atoms with van der Waals surface area (Å²) in [6.45, 7) is 8.20. The van der Waals surface area contributed by atoms with Gasteiger partial charge in [0, 0.05) is 31.4 Å². The smallest absolute Gasteiger partial charge is 0.301 e. The van der Waals surface area contributed by atoms with Gasteiger partial charge in [-0.15, -0.1) is 0 Å². The molecule has 0 spiro atoms. The summed E-state index contributed by atoms with van der Waals surface area (Å²) in [5, 5.41) is 10.6. The van der Waals surface area contributed by atoms with Crippen molar-refractivity contribution in [2.45, 2.75) is 61.7 Å². The first-order valence-electron chi connectivity index (χ1n) is 14.6. The molecule has 4 heterocycles. The molecule has 2 fully saturated rings. The van der Waals surface area contributed by atoms with E-state index in [1.807, 2.05) is 54.6 Å². The number of pyridine rings is 1. The first-order chi connectivity index (χ1) is 21.0. The van der Waals surface area contributed by atoms with Crippen molar-refractivity contribution in [3.63, 3.8) is 0 Å². The second-order valence-electron chi connectivity index (χ2n) is 12.4. The number of aliphatic hydroxyl groups is 1. The number of aromatic nitrogens is 3. The molecule has 234 valence electrons. The summed E-state index contributed by atoms with van der Waals surface area (Å²) in [5.41, 5.74) is 3.05. The Bertz CT molecular complexity index is 1760. The maximum absolute atomic E-state index is 13.3. The Morgan fingerprint density at radius 2 is 1.80 bits per heavy atom. The molecule has 0 amide bonds. The van der Waals surface area contributed by atoms with E-state index in [-0.39, 0.29) is 26.0 Å². The van der Waals surface area contributed by atoms with Gasteiger partial charge in [0.2, 0.25) is 0 Å². The van der Waals surface area contributed by atoms with Gasteiger partial charge in [-0.2, -0.15) is 9.35 Å². The predicted octanol–water partition coefficient (Wildman–Crippen LogP) is 5.76. The van der Waals surface area contributed by atoms with Crippen LogP contribution in [-0.4, -0.2) is 82.4 Å². The fourth-order valence-corrected chi connectivity index (χ4v) is 7.54. The second-order valence-corrected chi connectivity index (χ2v) is 20.7. The number of halogens is 1. The van der Waals surface area contributed by atoms with Gasteiger partial charge >= 0.3 is 6.01 Å². The second kappa shape index (κ2) is 12.5. The van der Waals surface area contributed by atoms with Crippen molar-refractivity contribution in [2.24, 2.45) is 4.36 Å². The zero-order chi connectivity index (χ0) is 31.1. The first-order valence-corrected chi connectivity index (χ1v) is 20.6. The standard InChI is InChI=1S/C31H37ClN4O6SSi/c1-43(38,22-8-6-5-7-9-22)35-21-12-10-20(11-13-21)27-23(32)16-24-30(34-27)36(19-39-14-15-44(2,3)4)31(33-24)42-26-18-41-28-25(37)17-40-29(26)28/h5-13,16,25-26,28-29,37H,14-15,17-19H2,1-4H3/t25-,26-,28-,29-,43-/m1/s1. The fourth-order valence-electron chi connectivity index (χ4n) is 5.23. The summed E-state index contributed by atoms with van der Waals surface area (Å²) < 4.78 is 43.5. The van der Waals surface area contributed by atoms with Crippen molar-refractivity contribution in [1.82, 2.24) is 14.5 Å². The minimum absolute atomic E-state index is 0.192. The van der Waals surface area contributed by atoms with Crippen LogP contribution in [-0.2, 0) is 30.7 Å². The highest BCUT2D eigenvalue weighted by molar-refractivity contribution is 7.93. The minimum Gasteiger partial charge on any atom is -0.456 e.